The van der Waals surface area contributed by atoms with Gasteiger partial charge in [-0.1, -0.05) is 110 Å². The van der Waals surface area contributed by atoms with Crippen LogP contribution in [0, 0.1) is 11.3 Å². The summed E-state index contributed by atoms with van der Waals surface area (Å²) in [5, 5.41) is 35.3. The van der Waals surface area contributed by atoms with E-state index in [1.165, 1.54) is 0 Å². The number of aryl methyl sites for hydroxylation is 1. The highest BCUT2D eigenvalue weighted by molar-refractivity contribution is 7.21. The largest absolute Gasteiger partial charge is 0.488 e. The zero-order valence-corrected chi connectivity index (χ0v) is 18.9. The van der Waals surface area contributed by atoms with Crippen LogP contribution >= 0.6 is 0 Å². The second kappa shape index (κ2) is 9.37. The van der Waals surface area contributed by atoms with E-state index in [0.717, 1.165) is 26.3 Å². The van der Waals surface area contributed by atoms with Crippen molar-refractivity contribution in [3.63, 3.8) is 0 Å². The van der Waals surface area contributed by atoms with Gasteiger partial charge in [-0.2, -0.15) is 5.26 Å². The molecule has 0 atom stereocenters. The molecule has 0 saturated carbocycles. The van der Waals surface area contributed by atoms with Crippen LogP contribution in [0.15, 0.2) is 103 Å². The summed E-state index contributed by atoms with van der Waals surface area (Å²) in [5.74, 6) is 0. The van der Waals surface area contributed by atoms with E-state index in [4.69, 9.17) is 0 Å². The van der Waals surface area contributed by atoms with E-state index in [9.17, 15) is 15.3 Å². The first-order valence-electron chi connectivity index (χ1n) is 10.7. The van der Waals surface area contributed by atoms with E-state index >= 15 is 0 Å². The van der Waals surface area contributed by atoms with Crippen molar-refractivity contribution in [2.75, 3.05) is 0 Å². The van der Waals surface area contributed by atoms with Crippen LogP contribution in [0.25, 0.3) is 0 Å². The fraction of sp³-hybridized carbons (Fsp3) is 0.0741. The number of nitriles is 1. The Balaban J connectivity index is 2.29. The minimum Gasteiger partial charge on any atom is -0.423 e. The first-order chi connectivity index (χ1) is 15.6. The molecule has 4 aromatic carbocycles. The standard InChI is InChI=1S/C27H24BNO2Si/c1-2-21-18-19-26(28(30)31)27(25(21)20-29)32(22-12-6-3-7-13-22,23-14-8-4-9-15-23)24-16-10-5-11-17-24/h3-19,30-31H,2H2,1H3. The Morgan fingerprint density at radius 3 is 1.50 bits per heavy atom. The molecule has 3 nitrogen and oxygen atoms in total. The lowest BCUT2D eigenvalue weighted by atomic mass is 9.78. The third kappa shape index (κ3) is 3.59. The van der Waals surface area contributed by atoms with Gasteiger partial charge in [-0.25, -0.2) is 0 Å². The van der Waals surface area contributed by atoms with Crippen molar-refractivity contribution in [2.45, 2.75) is 13.3 Å². The average molecular weight is 433 g/mol. The van der Waals surface area contributed by atoms with Gasteiger partial charge in [0, 0.05) is 0 Å². The highest BCUT2D eigenvalue weighted by Gasteiger charge is 2.46. The lowest BCUT2D eigenvalue weighted by molar-refractivity contribution is 0.426. The molecule has 0 bridgehead atoms. The lowest BCUT2D eigenvalue weighted by Crippen LogP contribution is -2.79. The SMILES string of the molecule is CCc1ccc(B(O)O)c([Si](c2ccccc2)(c2ccccc2)c2ccccc2)c1C#N. The predicted octanol–water partition coefficient (Wildman–Crippen LogP) is 1.18. The van der Waals surface area contributed by atoms with E-state index in [1.54, 1.807) is 6.07 Å². The number of hydrogen-bond acceptors (Lipinski definition) is 3. The molecule has 0 spiro atoms. The van der Waals surface area contributed by atoms with E-state index in [1.807, 2.05) is 67.6 Å². The first-order valence-corrected chi connectivity index (χ1v) is 12.7. The molecule has 4 aromatic rings. The number of nitrogens with zero attached hydrogens (tertiary/aromatic N) is 1. The second-order valence-electron chi connectivity index (χ2n) is 7.75. The summed E-state index contributed by atoms with van der Waals surface area (Å²) in [7, 11) is -4.75. The molecule has 156 valence electrons. The first kappa shape index (κ1) is 21.8. The molecule has 0 radical (unpaired) electrons. The van der Waals surface area contributed by atoms with Gasteiger partial charge in [-0.15, -0.1) is 0 Å². The average Bonchev–Trinajstić information content (AvgIpc) is 2.86. The highest BCUT2D eigenvalue weighted by atomic mass is 28.3. The fourth-order valence-electron chi connectivity index (χ4n) is 4.70. The Morgan fingerprint density at radius 2 is 1.16 bits per heavy atom. The van der Waals surface area contributed by atoms with Crippen molar-refractivity contribution < 1.29 is 10.0 Å². The van der Waals surface area contributed by atoms with Gasteiger partial charge in [-0.3, -0.25) is 0 Å². The van der Waals surface area contributed by atoms with Crippen molar-refractivity contribution in [1.82, 2.24) is 0 Å². The molecular weight excluding hydrogens is 409 g/mol. The van der Waals surface area contributed by atoms with E-state index in [0.29, 0.717) is 17.4 Å². The van der Waals surface area contributed by atoms with Gasteiger partial charge >= 0.3 is 7.12 Å². The van der Waals surface area contributed by atoms with Crippen molar-refractivity contribution in [3.05, 3.63) is 114 Å². The van der Waals surface area contributed by atoms with Gasteiger partial charge in [0.05, 0.1) is 11.6 Å². The molecule has 0 fully saturated rings. The van der Waals surface area contributed by atoms with E-state index in [-0.39, 0.29) is 0 Å². The van der Waals surface area contributed by atoms with Crippen LogP contribution in [0.5, 0.6) is 0 Å². The van der Waals surface area contributed by atoms with Crippen molar-refractivity contribution in [3.8, 4) is 6.07 Å². The van der Waals surface area contributed by atoms with Crippen LogP contribution in [0.3, 0.4) is 0 Å². The number of benzene rings is 4. The fourth-order valence-corrected chi connectivity index (χ4v) is 9.88. The Kier molecular flexibility index (Phi) is 6.38. The van der Waals surface area contributed by atoms with E-state index < -0.39 is 15.2 Å². The summed E-state index contributed by atoms with van der Waals surface area (Å²) in [6, 6.07) is 36.6. The van der Waals surface area contributed by atoms with Crippen LogP contribution in [-0.2, 0) is 6.42 Å². The Bertz CT molecular complexity index is 1140. The summed E-state index contributed by atoms with van der Waals surface area (Å²) in [6.07, 6.45) is 0.681. The summed E-state index contributed by atoms with van der Waals surface area (Å²) in [4.78, 5) is 0. The minimum absolute atomic E-state index is 0.391. The maximum atomic E-state index is 10.5. The molecule has 0 aliphatic carbocycles. The third-order valence-electron chi connectivity index (χ3n) is 6.09. The van der Waals surface area contributed by atoms with E-state index in [2.05, 4.69) is 42.5 Å². The van der Waals surface area contributed by atoms with Crippen molar-refractivity contribution in [2.24, 2.45) is 0 Å². The lowest BCUT2D eigenvalue weighted by Gasteiger charge is -2.37. The van der Waals surface area contributed by atoms with Crippen LogP contribution < -0.4 is 26.2 Å². The molecule has 5 heteroatoms. The predicted molar refractivity (Wildman–Crippen MR) is 134 cm³/mol. The Morgan fingerprint density at radius 1 is 0.719 bits per heavy atom. The molecule has 0 amide bonds. The maximum absolute atomic E-state index is 10.5. The van der Waals surface area contributed by atoms with Crippen LogP contribution in [0.4, 0.5) is 0 Å². The topological polar surface area (TPSA) is 64.2 Å². The molecule has 4 rings (SSSR count). The Hall–Kier alpha value is -3.43. The highest BCUT2D eigenvalue weighted by Crippen LogP contribution is 2.15. The molecule has 32 heavy (non-hydrogen) atoms. The molecule has 0 unspecified atom stereocenters. The van der Waals surface area contributed by atoms with Crippen molar-refractivity contribution in [1.29, 1.82) is 5.26 Å². The summed E-state index contributed by atoms with van der Waals surface area (Å²) in [6.45, 7) is 2.02. The van der Waals surface area contributed by atoms with Crippen molar-refractivity contribution >= 4 is 41.4 Å². The normalized spacial score (nSPS) is 11.1. The van der Waals surface area contributed by atoms with Gasteiger partial charge in [0.15, 0.2) is 8.07 Å². The molecule has 0 heterocycles. The maximum Gasteiger partial charge on any atom is 0.488 e. The quantitative estimate of drug-likeness (QED) is 0.355. The summed E-state index contributed by atoms with van der Waals surface area (Å²) in [5.41, 5.74) is 1.84. The molecule has 0 aliphatic rings. The Labute approximate surface area is 190 Å². The molecule has 2 N–H and O–H groups in total. The van der Waals surface area contributed by atoms with Crippen LogP contribution in [0.1, 0.15) is 18.1 Å². The van der Waals surface area contributed by atoms with Gasteiger partial charge in [0.2, 0.25) is 0 Å². The van der Waals surface area contributed by atoms with Gasteiger partial charge in [0.1, 0.15) is 0 Å². The zero-order valence-electron chi connectivity index (χ0n) is 17.9. The molecule has 0 aromatic heterocycles. The minimum atomic E-state index is -3.06. The van der Waals surface area contributed by atoms with Gasteiger partial charge in [-0.05, 0) is 38.2 Å². The summed E-state index contributed by atoms with van der Waals surface area (Å²) >= 11 is 0. The van der Waals surface area contributed by atoms with Gasteiger partial charge < -0.3 is 10.0 Å². The van der Waals surface area contributed by atoms with Crippen LogP contribution in [0.2, 0.25) is 0 Å². The molecule has 0 saturated heterocycles. The van der Waals surface area contributed by atoms with Crippen LogP contribution in [-0.4, -0.2) is 25.2 Å². The number of hydrogen-bond donors (Lipinski definition) is 2. The number of rotatable bonds is 6. The zero-order chi connectivity index (χ0) is 22.6. The summed E-state index contributed by atoms with van der Waals surface area (Å²) < 4.78 is 0. The second-order valence-corrected chi connectivity index (χ2v) is 11.5. The molecule has 0 aliphatic heterocycles. The van der Waals surface area contributed by atoms with Gasteiger partial charge in [0.25, 0.3) is 0 Å². The smallest absolute Gasteiger partial charge is 0.423 e. The third-order valence-corrected chi connectivity index (χ3v) is 11.0. The monoisotopic (exact) mass is 433 g/mol. The molecular formula is C27H24BNO2Si.